The zero-order chi connectivity index (χ0) is 10.7. The molecule has 2 aromatic rings. The van der Waals surface area contributed by atoms with Crippen molar-refractivity contribution >= 4 is 0 Å². The first kappa shape index (κ1) is 9.79. The van der Waals surface area contributed by atoms with Gasteiger partial charge in [0.15, 0.2) is 0 Å². The van der Waals surface area contributed by atoms with E-state index in [1.165, 1.54) is 16.9 Å². The van der Waals surface area contributed by atoms with Crippen LogP contribution in [0.4, 0.5) is 4.39 Å². The second kappa shape index (κ2) is 4.18. The SMILES string of the molecule is CNCc1cnn(-c2ccc(F)cc2)n1. The first-order chi connectivity index (χ1) is 7.29. The molecule has 0 atom stereocenters. The van der Waals surface area contributed by atoms with E-state index in [1.54, 1.807) is 18.3 Å². The van der Waals surface area contributed by atoms with Crippen LogP contribution in [0.5, 0.6) is 0 Å². The molecule has 15 heavy (non-hydrogen) atoms. The Balaban J connectivity index is 2.25. The predicted molar refractivity (Wildman–Crippen MR) is 54.1 cm³/mol. The number of nitrogens with one attached hydrogen (secondary N) is 1. The van der Waals surface area contributed by atoms with Crippen LogP contribution < -0.4 is 5.32 Å². The van der Waals surface area contributed by atoms with Crippen LogP contribution in [0.3, 0.4) is 0 Å². The fourth-order valence-electron chi connectivity index (χ4n) is 1.26. The van der Waals surface area contributed by atoms with E-state index in [-0.39, 0.29) is 5.82 Å². The minimum absolute atomic E-state index is 0.263. The van der Waals surface area contributed by atoms with Crippen LogP contribution in [-0.4, -0.2) is 22.0 Å². The van der Waals surface area contributed by atoms with E-state index in [2.05, 4.69) is 15.5 Å². The molecular weight excluding hydrogens is 195 g/mol. The molecule has 1 aromatic carbocycles. The molecule has 0 aliphatic carbocycles. The average Bonchev–Trinajstić information content (AvgIpc) is 2.68. The zero-order valence-electron chi connectivity index (χ0n) is 8.31. The van der Waals surface area contributed by atoms with E-state index in [1.807, 2.05) is 7.05 Å². The summed E-state index contributed by atoms with van der Waals surface area (Å²) in [4.78, 5) is 1.48. The van der Waals surface area contributed by atoms with Gasteiger partial charge in [-0.25, -0.2) is 4.39 Å². The third-order valence-electron chi connectivity index (χ3n) is 1.95. The number of halogens is 1. The molecule has 0 saturated carbocycles. The summed E-state index contributed by atoms with van der Waals surface area (Å²) in [6.45, 7) is 0.668. The molecule has 0 fully saturated rings. The topological polar surface area (TPSA) is 42.7 Å². The highest BCUT2D eigenvalue weighted by molar-refractivity contribution is 5.29. The van der Waals surface area contributed by atoms with Gasteiger partial charge in [0.05, 0.1) is 17.6 Å². The Morgan fingerprint density at radius 3 is 2.73 bits per heavy atom. The number of aromatic nitrogens is 3. The highest BCUT2D eigenvalue weighted by Crippen LogP contribution is 2.06. The van der Waals surface area contributed by atoms with Crippen LogP contribution in [-0.2, 0) is 6.54 Å². The molecule has 1 heterocycles. The molecule has 0 saturated heterocycles. The Morgan fingerprint density at radius 1 is 1.33 bits per heavy atom. The van der Waals surface area contributed by atoms with E-state index < -0.39 is 0 Å². The molecule has 4 nitrogen and oxygen atoms in total. The first-order valence-corrected chi connectivity index (χ1v) is 4.61. The van der Waals surface area contributed by atoms with Gasteiger partial charge < -0.3 is 5.32 Å². The second-order valence-corrected chi connectivity index (χ2v) is 3.13. The van der Waals surface area contributed by atoms with E-state index in [0.717, 1.165) is 11.4 Å². The third-order valence-corrected chi connectivity index (χ3v) is 1.95. The van der Waals surface area contributed by atoms with Gasteiger partial charge in [0.2, 0.25) is 0 Å². The number of hydrogen-bond acceptors (Lipinski definition) is 3. The minimum atomic E-state index is -0.263. The van der Waals surface area contributed by atoms with Gasteiger partial charge in [-0.15, -0.1) is 0 Å². The number of rotatable bonds is 3. The van der Waals surface area contributed by atoms with E-state index in [4.69, 9.17) is 0 Å². The van der Waals surface area contributed by atoms with Crippen molar-refractivity contribution in [2.75, 3.05) is 7.05 Å². The van der Waals surface area contributed by atoms with Crippen LogP contribution in [0.25, 0.3) is 5.69 Å². The largest absolute Gasteiger partial charge is 0.314 e. The van der Waals surface area contributed by atoms with Gasteiger partial charge in [0.25, 0.3) is 0 Å². The Labute approximate surface area is 86.7 Å². The maximum absolute atomic E-state index is 12.7. The van der Waals surface area contributed by atoms with Crippen molar-refractivity contribution < 1.29 is 4.39 Å². The van der Waals surface area contributed by atoms with Gasteiger partial charge in [0, 0.05) is 6.54 Å². The van der Waals surface area contributed by atoms with Crippen molar-refractivity contribution in [3.05, 3.63) is 42.0 Å². The minimum Gasteiger partial charge on any atom is -0.314 e. The maximum atomic E-state index is 12.7. The molecule has 5 heteroatoms. The summed E-state index contributed by atoms with van der Waals surface area (Å²) in [7, 11) is 1.84. The Kier molecular flexibility index (Phi) is 2.73. The lowest BCUT2D eigenvalue weighted by Crippen LogP contribution is -2.06. The normalized spacial score (nSPS) is 10.5. The lowest BCUT2D eigenvalue weighted by Gasteiger charge is -1.98. The molecule has 2 rings (SSSR count). The smallest absolute Gasteiger partial charge is 0.123 e. The quantitative estimate of drug-likeness (QED) is 0.818. The Bertz CT molecular complexity index is 435. The van der Waals surface area contributed by atoms with Crippen LogP contribution in [0, 0.1) is 5.82 Å². The molecule has 1 N–H and O–H groups in total. The molecular formula is C10H11FN4. The monoisotopic (exact) mass is 206 g/mol. The first-order valence-electron chi connectivity index (χ1n) is 4.61. The zero-order valence-corrected chi connectivity index (χ0v) is 8.31. The molecule has 0 spiro atoms. The van der Waals surface area contributed by atoms with Crippen molar-refractivity contribution in [2.45, 2.75) is 6.54 Å². The molecule has 0 unspecified atom stereocenters. The van der Waals surface area contributed by atoms with Gasteiger partial charge in [-0.1, -0.05) is 0 Å². The van der Waals surface area contributed by atoms with Crippen LogP contribution in [0.15, 0.2) is 30.5 Å². The van der Waals surface area contributed by atoms with Crippen LogP contribution >= 0.6 is 0 Å². The molecule has 0 amide bonds. The number of benzene rings is 1. The van der Waals surface area contributed by atoms with Crippen molar-refractivity contribution in [2.24, 2.45) is 0 Å². The third kappa shape index (κ3) is 2.19. The Morgan fingerprint density at radius 2 is 2.07 bits per heavy atom. The van der Waals surface area contributed by atoms with E-state index in [9.17, 15) is 4.39 Å². The number of hydrogen-bond donors (Lipinski definition) is 1. The van der Waals surface area contributed by atoms with Gasteiger partial charge in [-0.2, -0.15) is 15.0 Å². The van der Waals surface area contributed by atoms with Gasteiger partial charge in [-0.3, -0.25) is 0 Å². The average molecular weight is 206 g/mol. The summed E-state index contributed by atoms with van der Waals surface area (Å²) in [5.74, 6) is -0.263. The van der Waals surface area contributed by atoms with Crippen molar-refractivity contribution in [1.29, 1.82) is 0 Å². The summed E-state index contributed by atoms with van der Waals surface area (Å²) in [6.07, 6.45) is 1.68. The van der Waals surface area contributed by atoms with Gasteiger partial charge >= 0.3 is 0 Å². The highest BCUT2D eigenvalue weighted by atomic mass is 19.1. The second-order valence-electron chi connectivity index (χ2n) is 3.13. The maximum Gasteiger partial charge on any atom is 0.123 e. The molecule has 78 valence electrons. The summed E-state index contributed by atoms with van der Waals surface area (Å²) >= 11 is 0. The van der Waals surface area contributed by atoms with Crippen molar-refractivity contribution in [3.8, 4) is 5.69 Å². The number of nitrogens with zero attached hydrogens (tertiary/aromatic N) is 3. The summed E-state index contributed by atoms with van der Waals surface area (Å²) in [5.41, 5.74) is 1.60. The fraction of sp³-hybridized carbons (Fsp3) is 0.200. The molecule has 0 bridgehead atoms. The highest BCUT2D eigenvalue weighted by Gasteiger charge is 2.01. The summed E-state index contributed by atoms with van der Waals surface area (Å²) in [5, 5.41) is 11.3. The van der Waals surface area contributed by atoms with E-state index >= 15 is 0 Å². The van der Waals surface area contributed by atoms with Gasteiger partial charge in [-0.05, 0) is 31.3 Å². The molecule has 0 aliphatic rings. The van der Waals surface area contributed by atoms with E-state index in [0.29, 0.717) is 6.54 Å². The standard InChI is InChI=1S/C10H11FN4/c1-12-6-9-7-13-15(14-9)10-4-2-8(11)3-5-10/h2-5,7,12H,6H2,1H3. The Hall–Kier alpha value is -1.75. The summed E-state index contributed by atoms with van der Waals surface area (Å²) < 4.78 is 12.7. The molecule has 0 radical (unpaired) electrons. The van der Waals surface area contributed by atoms with Crippen LogP contribution in [0.2, 0.25) is 0 Å². The molecule has 1 aromatic heterocycles. The summed E-state index contributed by atoms with van der Waals surface area (Å²) in [6, 6.07) is 6.05. The predicted octanol–water partition coefficient (Wildman–Crippen LogP) is 1.13. The van der Waals surface area contributed by atoms with Gasteiger partial charge in [0.1, 0.15) is 5.82 Å². The lowest BCUT2D eigenvalue weighted by molar-refractivity contribution is 0.625. The van der Waals surface area contributed by atoms with Crippen LogP contribution in [0.1, 0.15) is 5.69 Å². The lowest BCUT2D eigenvalue weighted by atomic mass is 10.3. The fourth-order valence-corrected chi connectivity index (χ4v) is 1.26. The van der Waals surface area contributed by atoms with Crippen molar-refractivity contribution in [1.82, 2.24) is 20.3 Å². The van der Waals surface area contributed by atoms with Crippen molar-refractivity contribution in [3.63, 3.8) is 0 Å². The molecule has 0 aliphatic heterocycles.